The third-order valence-corrected chi connectivity index (χ3v) is 7.06. The fraction of sp³-hybridized carbons (Fsp3) is 0.458. The Hall–Kier alpha value is -2.43. The lowest BCUT2D eigenvalue weighted by atomic mass is 9.87. The predicted octanol–water partition coefficient (Wildman–Crippen LogP) is 5.42. The topological polar surface area (TPSA) is 74.2 Å². The van der Waals surface area contributed by atoms with Crippen LogP contribution < -0.4 is 15.4 Å². The summed E-state index contributed by atoms with van der Waals surface area (Å²) in [6.07, 6.45) is 4.46. The van der Waals surface area contributed by atoms with Gasteiger partial charge >= 0.3 is 0 Å². The van der Waals surface area contributed by atoms with Crippen molar-refractivity contribution in [2.75, 3.05) is 11.9 Å². The zero-order valence-corrected chi connectivity index (χ0v) is 20.2. The fourth-order valence-electron chi connectivity index (χ4n) is 3.69. The van der Waals surface area contributed by atoms with E-state index in [0.717, 1.165) is 53.1 Å². The molecule has 1 aromatic heterocycles. The van der Waals surface area contributed by atoms with Gasteiger partial charge in [-0.1, -0.05) is 26.0 Å². The molecule has 0 saturated carbocycles. The third-order valence-electron chi connectivity index (χ3n) is 5.65. The number of thiophene rings is 1. The van der Waals surface area contributed by atoms with Crippen molar-refractivity contribution in [3.63, 3.8) is 0 Å². The van der Waals surface area contributed by atoms with Crippen molar-refractivity contribution in [1.29, 1.82) is 5.26 Å². The smallest absolute Gasteiger partial charge is 0.231 e. The van der Waals surface area contributed by atoms with Crippen LogP contribution in [0.25, 0.3) is 0 Å². The number of carbonyl (C=O) groups is 1. The van der Waals surface area contributed by atoms with Crippen LogP contribution in [-0.4, -0.2) is 17.6 Å². The van der Waals surface area contributed by atoms with E-state index in [-0.39, 0.29) is 11.0 Å². The van der Waals surface area contributed by atoms with Crippen molar-refractivity contribution in [2.45, 2.75) is 59.8 Å². The number of nitriles is 1. The molecule has 1 aliphatic carbocycles. The molecule has 0 radical (unpaired) electrons. The summed E-state index contributed by atoms with van der Waals surface area (Å²) in [6.45, 7) is 8.43. The first-order chi connectivity index (χ1) is 14.7. The molecule has 1 aromatic carbocycles. The van der Waals surface area contributed by atoms with Crippen LogP contribution in [0.15, 0.2) is 18.2 Å². The molecule has 0 fully saturated rings. The summed E-state index contributed by atoms with van der Waals surface area (Å²) in [6, 6.07) is 8.43. The molecule has 0 atom stereocenters. The molecular formula is C24H29N3O2S2. The summed E-state index contributed by atoms with van der Waals surface area (Å²) in [5, 5.41) is 16.3. The van der Waals surface area contributed by atoms with Crippen molar-refractivity contribution in [2.24, 2.45) is 5.41 Å². The number of amides is 1. The van der Waals surface area contributed by atoms with Gasteiger partial charge in [-0.15, -0.1) is 11.3 Å². The first-order valence-electron chi connectivity index (χ1n) is 10.6. The van der Waals surface area contributed by atoms with E-state index in [1.165, 1.54) is 4.88 Å². The zero-order valence-electron chi connectivity index (χ0n) is 18.6. The maximum absolute atomic E-state index is 12.8. The lowest BCUT2D eigenvalue weighted by molar-refractivity contribution is -0.128. The van der Waals surface area contributed by atoms with Crippen molar-refractivity contribution < 1.29 is 9.53 Å². The maximum Gasteiger partial charge on any atom is 0.231 e. The van der Waals surface area contributed by atoms with E-state index in [9.17, 15) is 10.1 Å². The lowest BCUT2D eigenvalue weighted by Crippen LogP contribution is -2.42. The Morgan fingerprint density at radius 1 is 1.32 bits per heavy atom. The predicted molar refractivity (Wildman–Crippen MR) is 130 cm³/mol. The van der Waals surface area contributed by atoms with E-state index in [1.54, 1.807) is 11.3 Å². The Labute approximate surface area is 193 Å². The highest BCUT2D eigenvalue weighted by molar-refractivity contribution is 7.80. The van der Waals surface area contributed by atoms with E-state index in [1.807, 2.05) is 33.8 Å². The van der Waals surface area contributed by atoms with Gasteiger partial charge in [-0.05, 0) is 80.9 Å². The Bertz CT molecular complexity index is 1030. The Morgan fingerprint density at radius 3 is 2.84 bits per heavy atom. The molecule has 31 heavy (non-hydrogen) atoms. The molecule has 0 spiro atoms. The first kappa shape index (κ1) is 23.2. The number of nitrogens with one attached hydrogen (secondary N) is 2. The lowest BCUT2D eigenvalue weighted by Gasteiger charge is -2.24. The van der Waals surface area contributed by atoms with Crippen molar-refractivity contribution in [1.82, 2.24) is 5.32 Å². The van der Waals surface area contributed by atoms with Gasteiger partial charge in [-0.25, -0.2) is 0 Å². The molecule has 3 rings (SSSR count). The number of fused-ring (bicyclic) bond motifs is 1. The van der Waals surface area contributed by atoms with Gasteiger partial charge in [-0.3, -0.25) is 4.79 Å². The minimum absolute atomic E-state index is 0.139. The molecule has 1 aliphatic rings. The number of thiocarbonyl (C=S) groups is 1. The second-order valence-electron chi connectivity index (χ2n) is 8.69. The van der Waals surface area contributed by atoms with E-state index in [4.69, 9.17) is 17.0 Å². The largest absolute Gasteiger partial charge is 0.493 e. The Balaban J connectivity index is 1.49. The fourth-order valence-corrected chi connectivity index (χ4v) is 5.19. The second-order valence-corrected chi connectivity index (χ2v) is 10.2. The summed E-state index contributed by atoms with van der Waals surface area (Å²) in [7, 11) is 0. The summed E-state index contributed by atoms with van der Waals surface area (Å²) >= 11 is 6.91. The van der Waals surface area contributed by atoms with E-state index >= 15 is 0 Å². The number of anilines is 1. The van der Waals surface area contributed by atoms with Gasteiger partial charge in [0.2, 0.25) is 5.91 Å². The summed E-state index contributed by atoms with van der Waals surface area (Å²) in [5.41, 5.74) is 3.48. The van der Waals surface area contributed by atoms with Crippen LogP contribution in [0, 0.1) is 30.6 Å². The van der Waals surface area contributed by atoms with Crippen LogP contribution in [0.2, 0.25) is 0 Å². The van der Waals surface area contributed by atoms with Gasteiger partial charge in [0.15, 0.2) is 5.11 Å². The molecule has 0 aliphatic heterocycles. The normalized spacial score (nSPS) is 12.7. The molecule has 1 amide bonds. The first-order valence-corrected chi connectivity index (χ1v) is 11.8. The van der Waals surface area contributed by atoms with Crippen molar-refractivity contribution in [3.8, 4) is 11.8 Å². The van der Waals surface area contributed by atoms with Gasteiger partial charge in [0.25, 0.3) is 0 Å². The average Bonchev–Trinajstić information content (AvgIpc) is 3.28. The molecule has 7 heteroatoms. The van der Waals surface area contributed by atoms with Crippen LogP contribution in [0.4, 0.5) is 5.00 Å². The molecule has 1 heterocycles. The maximum atomic E-state index is 12.8. The molecule has 0 saturated heterocycles. The summed E-state index contributed by atoms with van der Waals surface area (Å²) < 4.78 is 5.91. The van der Waals surface area contributed by atoms with Crippen LogP contribution in [-0.2, 0) is 17.6 Å². The van der Waals surface area contributed by atoms with Crippen molar-refractivity contribution >= 4 is 39.6 Å². The number of carbonyl (C=O) groups excluding carboxylic acids is 1. The SMILES string of the molecule is Cc1ccc(C)c(OCCCC(C)(C)C(=O)NC(=S)Nc2sc3c(c2C#N)CCC3)c1. The monoisotopic (exact) mass is 455 g/mol. The third kappa shape index (κ3) is 5.63. The Morgan fingerprint density at radius 2 is 2.10 bits per heavy atom. The molecular weight excluding hydrogens is 426 g/mol. The summed E-state index contributed by atoms with van der Waals surface area (Å²) in [5.74, 6) is 0.753. The van der Waals surface area contributed by atoms with E-state index < -0.39 is 5.41 Å². The van der Waals surface area contributed by atoms with Gasteiger partial charge < -0.3 is 15.4 Å². The zero-order chi connectivity index (χ0) is 22.6. The van der Waals surface area contributed by atoms with Crippen molar-refractivity contribution in [3.05, 3.63) is 45.3 Å². The minimum atomic E-state index is -0.591. The molecule has 2 aromatic rings. The van der Waals surface area contributed by atoms with Gasteiger partial charge in [0, 0.05) is 10.3 Å². The van der Waals surface area contributed by atoms with E-state index in [2.05, 4.69) is 28.8 Å². The summed E-state index contributed by atoms with van der Waals surface area (Å²) in [4.78, 5) is 14.0. The molecule has 0 unspecified atom stereocenters. The quantitative estimate of drug-likeness (QED) is 0.430. The minimum Gasteiger partial charge on any atom is -0.493 e. The number of hydrogen-bond donors (Lipinski definition) is 2. The average molecular weight is 456 g/mol. The van der Waals surface area contributed by atoms with E-state index in [0.29, 0.717) is 18.6 Å². The number of benzene rings is 1. The van der Waals surface area contributed by atoms with Gasteiger partial charge in [0.05, 0.1) is 12.2 Å². The number of nitrogens with zero attached hydrogens (tertiary/aromatic N) is 1. The van der Waals surface area contributed by atoms with Gasteiger partial charge in [0.1, 0.15) is 16.8 Å². The Kier molecular flexibility index (Phi) is 7.34. The number of ether oxygens (including phenoxy) is 1. The number of rotatable bonds is 7. The standard InChI is InChI=1S/C24H29N3O2S2/c1-15-9-10-16(2)19(13-15)29-12-6-11-24(3,4)22(28)27-23(30)26-21-18(14-25)17-7-5-8-20(17)31-21/h9-10,13H,5-8,11-12H2,1-4H3,(H2,26,27,28,30). The van der Waals surface area contributed by atoms with Crippen LogP contribution >= 0.6 is 23.6 Å². The second kappa shape index (κ2) is 9.80. The highest BCUT2D eigenvalue weighted by Gasteiger charge is 2.28. The molecule has 164 valence electrons. The highest BCUT2D eigenvalue weighted by Crippen LogP contribution is 2.38. The molecule has 5 nitrogen and oxygen atoms in total. The van der Waals surface area contributed by atoms with Crippen LogP contribution in [0.5, 0.6) is 5.75 Å². The van der Waals surface area contributed by atoms with Gasteiger partial charge in [-0.2, -0.15) is 5.26 Å². The highest BCUT2D eigenvalue weighted by atomic mass is 32.1. The van der Waals surface area contributed by atoms with Crippen LogP contribution in [0.1, 0.15) is 60.2 Å². The number of hydrogen-bond acceptors (Lipinski definition) is 5. The number of aryl methyl sites for hydroxylation is 3. The van der Waals surface area contributed by atoms with Crippen LogP contribution in [0.3, 0.4) is 0 Å². The molecule has 0 bridgehead atoms. The molecule has 2 N–H and O–H groups in total.